The van der Waals surface area contributed by atoms with Crippen molar-refractivity contribution in [2.75, 3.05) is 18.0 Å². The van der Waals surface area contributed by atoms with Crippen LogP contribution >= 0.6 is 0 Å². The highest BCUT2D eigenvalue weighted by atomic mass is 19.1. The van der Waals surface area contributed by atoms with Gasteiger partial charge in [0.25, 0.3) is 0 Å². The van der Waals surface area contributed by atoms with E-state index in [2.05, 4.69) is 15.3 Å². The van der Waals surface area contributed by atoms with Gasteiger partial charge in [-0.1, -0.05) is 0 Å². The molecule has 1 aromatic heterocycles. The van der Waals surface area contributed by atoms with E-state index in [0.29, 0.717) is 24.7 Å². The number of carbonyl (C=O) groups excluding carboxylic acids is 1. The summed E-state index contributed by atoms with van der Waals surface area (Å²) in [6.07, 6.45) is 2.90. The molecule has 1 saturated heterocycles. The second-order valence-electron chi connectivity index (χ2n) is 7.76. The predicted molar refractivity (Wildman–Crippen MR) is 88.3 cm³/mol. The molecule has 6 nitrogen and oxygen atoms in total. The molecule has 132 valence electrons. The lowest BCUT2D eigenvalue weighted by molar-refractivity contribution is 0.0472. The van der Waals surface area contributed by atoms with Crippen molar-refractivity contribution in [2.45, 2.75) is 52.2 Å². The molecule has 0 spiro atoms. The molecule has 3 atom stereocenters. The van der Waals surface area contributed by atoms with E-state index in [9.17, 15) is 9.18 Å². The zero-order valence-electron chi connectivity index (χ0n) is 14.7. The number of hydrogen-bond donors (Lipinski definition) is 1. The zero-order chi connectivity index (χ0) is 17.5. The third-order valence-electron chi connectivity index (χ3n) is 4.66. The van der Waals surface area contributed by atoms with Gasteiger partial charge in [-0.3, -0.25) is 0 Å². The summed E-state index contributed by atoms with van der Waals surface area (Å²) in [7, 11) is 0. The van der Waals surface area contributed by atoms with E-state index in [4.69, 9.17) is 4.74 Å². The fraction of sp³-hybridized carbons (Fsp3) is 0.706. The monoisotopic (exact) mass is 336 g/mol. The highest BCUT2D eigenvalue weighted by Crippen LogP contribution is 2.38. The molecule has 24 heavy (non-hydrogen) atoms. The highest BCUT2D eigenvalue weighted by Gasteiger charge is 2.44. The van der Waals surface area contributed by atoms with Crippen LogP contribution in [0.4, 0.5) is 15.0 Å². The Bertz CT molecular complexity index is 618. The Morgan fingerprint density at radius 3 is 2.54 bits per heavy atom. The molecule has 1 aliphatic heterocycles. The number of anilines is 1. The SMILES string of the molecule is Cc1ncc(F)c(N2CC3CC[C@@H](C2)[C@@H]3NC(=O)OC(C)(C)C)n1. The third kappa shape index (κ3) is 3.60. The van der Waals surface area contributed by atoms with Gasteiger partial charge in [-0.25, -0.2) is 19.2 Å². The normalized spacial score (nSPS) is 26.4. The fourth-order valence-electron chi connectivity index (χ4n) is 3.74. The van der Waals surface area contributed by atoms with E-state index >= 15 is 0 Å². The van der Waals surface area contributed by atoms with Crippen molar-refractivity contribution in [3.63, 3.8) is 0 Å². The number of fused-ring (bicyclic) bond motifs is 2. The lowest BCUT2D eigenvalue weighted by Gasteiger charge is -2.39. The highest BCUT2D eigenvalue weighted by molar-refractivity contribution is 5.68. The molecule has 2 aliphatic rings. The van der Waals surface area contributed by atoms with Crippen LogP contribution in [0, 0.1) is 24.6 Å². The Hall–Kier alpha value is -1.92. The van der Waals surface area contributed by atoms with Gasteiger partial charge in [0.15, 0.2) is 11.6 Å². The molecule has 1 aromatic rings. The third-order valence-corrected chi connectivity index (χ3v) is 4.66. The van der Waals surface area contributed by atoms with E-state index in [1.54, 1.807) is 6.92 Å². The van der Waals surface area contributed by atoms with Gasteiger partial charge in [0.05, 0.1) is 6.20 Å². The van der Waals surface area contributed by atoms with E-state index in [-0.39, 0.29) is 24.0 Å². The number of amides is 1. The van der Waals surface area contributed by atoms with E-state index in [0.717, 1.165) is 12.8 Å². The van der Waals surface area contributed by atoms with Crippen molar-refractivity contribution in [3.05, 3.63) is 17.8 Å². The summed E-state index contributed by atoms with van der Waals surface area (Å²) in [5.74, 6) is 1.11. The number of piperidine rings is 1. The maximum Gasteiger partial charge on any atom is 0.407 e. The van der Waals surface area contributed by atoms with Gasteiger partial charge in [0.1, 0.15) is 11.4 Å². The molecule has 2 fully saturated rings. The van der Waals surface area contributed by atoms with Crippen LogP contribution in [0.3, 0.4) is 0 Å². The van der Waals surface area contributed by atoms with Crippen molar-refractivity contribution in [1.29, 1.82) is 0 Å². The topological polar surface area (TPSA) is 67.4 Å². The first-order chi connectivity index (χ1) is 11.2. The summed E-state index contributed by atoms with van der Waals surface area (Å²) in [4.78, 5) is 22.2. The van der Waals surface area contributed by atoms with Crippen LogP contribution in [-0.2, 0) is 4.74 Å². The Morgan fingerprint density at radius 1 is 1.33 bits per heavy atom. The molecule has 7 heteroatoms. The zero-order valence-corrected chi connectivity index (χ0v) is 14.7. The Labute approximate surface area is 141 Å². The number of nitrogens with one attached hydrogen (secondary N) is 1. The standard InChI is InChI=1S/C17H25FN4O2/c1-10-19-7-13(18)15(20-10)22-8-11-5-6-12(9-22)14(11)21-16(23)24-17(2,3)4/h7,11-12,14H,5-6,8-9H2,1-4H3,(H,21,23)/t11-,12?,14-/m0/s1. The lowest BCUT2D eigenvalue weighted by atomic mass is 9.92. The van der Waals surface area contributed by atoms with Crippen LogP contribution in [0.15, 0.2) is 6.20 Å². The molecule has 1 amide bonds. The molecule has 0 aromatic carbocycles. The summed E-state index contributed by atoms with van der Waals surface area (Å²) >= 11 is 0. The number of hydrogen-bond acceptors (Lipinski definition) is 5. The Morgan fingerprint density at radius 2 is 1.96 bits per heavy atom. The molecular formula is C17H25FN4O2. The lowest BCUT2D eigenvalue weighted by Crippen LogP contribution is -2.53. The summed E-state index contributed by atoms with van der Waals surface area (Å²) in [6.45, 7) is 8.68. The van der Waals surface area contributed by atoms with Crippen molar-refractivity contribution >= 4 is 11.9 Å². The van der Waals surface area contributed by atoms with Gasteiger partial charge in [0.2, 0.25) is 0 Å². The largest absolute Gasteiger partial charge is 0.444 e. The number of nitrogens with zero attached hydrogens (tertiary/aromatic N) is 3. The first-order valence-corrected chi connectivity index (χ1v) is 8.46. The summed E-state index contributed by atoms with van der Waals surface area (Å²) in [6, 6.07) is 0.0853. The van der Waals surface area contributed by atoms with Crippen LogP contribution < -0.4 is 10.2 Å². The first-order valence-electron chi connectivity index (χ1n) is 8.46. The Kier molecular flexibility index (Phi) is 4.36. The van der Waals surface area contributed by atoms with Crippen molar-refractivity contribution in [1.82, 2.24) is 15.3 Å². The maximum atomic E-state index is 14.1. The average molecular weight is 336 g/mol. The molecule has 3 rings (SSSR count). The number of rotatable bonds is 2. The van der Waals surface area contributed by atoms with E-state index in [1.807, 2.05) is 25.7 Å². The molecule has 1 saturated carbocycles. The predicted octanol–water partition coefficient (Wildman–Crippen LogP) is 2.66. The van der Waals surface area contributed by atoms with Gasteiger partial charge in [0, 0.05) is 19.1 Å². The molecule has 0 radical (unpaired) electrons. The minimum Gasteiger partial charge on any atom is -0.444 e. The van der Waals surface area contributed by atoms with Gasteiger partial charge in [-0.05, 0) is 52.4 Å². The van der Waals surface area contributed by atoms with E-state index in [1.165, 1.54) is 6.20 Å². The molecule has 2 heterocycles. The number of alkyl carbamates (subject to hydrolysis) is 1. The second kappa shape index (κ2) is 6.18. The number of aromatic nitrogens is 2. The maximum absolute atomic E-state index is 14.1. The van der Waals surface area contributed by atoms with Crippen LogP contribution in [0.2, 0.25) is 0 Å². The van der Waals surface area contributed by atoms with Crippen LogP contribution in [0.5, 0.6) is 0 Å². The average Bonchev–Trinajstić information content (AvgIpc) is 2.70. The minimum atomic E-state index is -0.508. The van der Waals surface area contributed by atoms with Gasteiger partial charge >= 0.3 is 6.09 Å². The summed E-state index contributed by atoms with van der Waals surface area (Å²) in [5, 5.41) is 3.02. The van der Waals surface area contributed by atoms with Crippen LogP contribution in [-0.4, -0.2) is 40.8 Å². The molecule has 1 N–H and O–H groups in total. The van der Waals surface area contributed by atoms with Crippen LogP contribution in [0.1, 0.15) is 39.4 Å². The minimum absolute atomic E-state index is 0.0853. The second-order valence-corrected chi connectivity index (χ2v) is 7.76. The van der Waals surface area contributed by atoms with Crippen molar-refractivity contribution in [3.8, 4) is 0 Å². The van der Waals surface area contributed by atoms with Gasteiger partial charge < -0.3 is 15.0 Å². The van der Waals surface area contributed by atoms with Crippen LogP contribution in [0.25, 0.3) is 0 Å². The summed E-state index contributed by atoms with van der Waals surface area (Å²) in [5.41, 5.74) is -0.508. The summed E-state index contributed by atoms with van der Waals surface area (Å²) < 4.78 is 19.4. The van der Waals surface area contributed by atoms with Crippen molar-refractivity contribution < 1.29 is 13.9 Å². The number of aryl methyl sites for hydroxylation is 1. The smallest absolute Gasteiger partial charge is 0.407 e. The van der Waals surface area contributed by atoms with Crippen molar-refractivity contribution in [2.24, 2.45) is 11.8 Å². The number of ether oxygens (including phenoxy) is 1. The molecule has 1 aliphatic carbocycles. The number of halogens is 1. The Balaban J connectivity index is 1.68. The first kappa shape index (κ1) is 16.9. The molecule has 2 bridgehead atoms. The van der Waals surface area contributed by atoms with E-state index < -0.39 is 11.4 Å². The van der Waals surface area contributed by atoms with Gasteiger partial charge in [-0.2, -0.15) is 0 Å². The quantitative estimate of drug-likeness (QED) is 0.899. The number of carbonyl (C=O) groups is 1. The molecular weight excluding hydrogens is 311 g/mol. The fourth-order valence-corrected chi connectivity index (χ4v) is 3.74. The molecule has 1 unspecified atom stereocenters. The van der Waals surface area contributed by atoms with Gasteiger partial charge in [-0.15, -0.1) is 0 Å².